The first-order chi connectivity index (χ1) is 24.9. The van der Waals surface area contributed by atoms with Crippen LogP contribution in [-0.2, 0) is 33.4 Å². The molecule has 0 aromatic carbocycles. The molecule has 0 aromatic heterocycles. The lowest BCUT2D eigenvalue weighted by atomic mass is 9.89. The van der Waals surface area contributed by atoms with Gasteiger partial charge < -0.3 is 35.0 Å². The minimum atomic E-state index is -1.14. The van der Waals surface area contributed by atoms with Gasteiger partial charge in [0.25, 0.3) is 0 Å². The summed E-state index contributed by atoms with van der Waals surface area (Å²) in [5.41, 5.74) is 0. The maximum Gasteiger partial charge on any atom is 0.325 e. The number of carbonyl (C=O) groups is 5. The molecule has 0 unspecified atom stereocenters. The zero-order valence-corrected chi connectivity index (χ0v) is 35.3. The highest BCUT2D eigenvalue weighted by Gasteiger charge is 2.43. The molecule has 9 atom stereocenters. The lowest BCUT2D eigenvalue weighted by Crippen LogP contribution is -2.60. The lowest BCUT2D eigenvalue weighted by molar-refractivity contribution is -0.148. The van der Waals surface area contributed by atoms with E-state index < -0.39 is 54.2 Å². The summed E-state index contributed by atoms with van der Waals surface area (Å²) in [7, 11) is 6.76. The number of aliphatic carboxylic acids is 1. The third-order valence-corrected chi connectivity index (χ3v) is 11.2. The van der Waals surface area contributed by atoms with E-state index in [4.69, 9.17) is 9.47 Å². The smallest absolute Gasteiger partial charge is 0.325 e. The van der Waals surface area contributed by atoms with E-state index in [1.54, 1.807) is 30.9 Å². The van der Waals surface area contributed by atoms with Gasteiger partial charge in [-0.1, -0.05) is 87.5 Å². The van der Waals surface area contributed by atoms with Crippen LogP contribution in [0.1, 0.15) is 120 Å². The highest BCUT2D eigenvalue weighted by molar-refractivity contribution is 5.90. The topological polar surface area (TPSA) is 158 Å². The molecule has 13 heteroatoms. The Morgan fingerprint density at radius 1 is 0.849 bits per heavy atom. The highest BCUT2D eigenvalue weighted by atomic mass is 16.5. The number of carbonyl (C=O) groups excluding carboxylic acids is 4. The Labute approximate surface area is 320 Å². The van der Waals surface area contributed by atoms with Gasteiger partial charge in [0.05, 0.1) is 42.7 Å². The van der Waals surface area contributed by atoms with Crippen LogP contribution in [0.25, 0.3) is 0 Å². The molecular formula is C40H75N5O8. The summed E-state index contributed by atoms with van der Waals surface area (Å²) in [5.74, 6) is -3.05. The van der Waals surface area contributed by atoms with E-state index in [9.17, 15) is 29.1 Å². The molecule has 0 aromatic rings. The largest absolute Gasteiger partial charge is 0.480 e. The maximum atomic E-state index is 14.4. The Morgan fingerprint density at radius 2 is 1.47 bits per heavy atom. The molecule has 1 saturated heterocycles. The average Bonchev–Trinajstić information content (AvgIpc) is 3.59. The Balaban J connectivity index is 3.23. The second-order valence-corrected chi connectivity index (χ2v) is 16.0. The maximum absolute atomic E-state index is 14.4. The van der Waals surface area contributed by atoms with E-state index in [1.165, 1.54) is 33.3 Å². The predicted octanol–water partition coefficient (Wildman–Crippen LogP) is 4.56. The summed E-state index contributed by atoms with van der Waals surface area (Å²) in [6.07, 6.45) is 6.51. The first-order valence-corrected chi connectivity index (χ1v) is 20.0. The van der Waals surface area contributed by atoms with Crippen LogP contribution in [0.3, 0.4) is 0 Å². The van der Waals surface area contributed by atoms with Crippen LogP contribution < -0.4 is 10.6 Å². The lowest BCUT2D eigenvalue weighted by Gasteiger charge is -2.41. The predicted molar refractivity (Wildman–Crippen MR) is 208 cm³/mol. The minimum Gasteiger partial charge on any atom is -0.480 e. The monoisotopic (exact) mass is 754 g/mol. The number of likely N-dealkylation sites (N-methyl/N-ethyl adjacent to an activating group) is 2. The van der Waals surface area contributed by atoms with Gasteiger partial charge in [-0.25, -0.2) is 0 Å². The number of carboxylic acid groups (broad SMARTS) is 1. The fourth-order valence-electron chi connectivity index (χ4n) is 7.80. The van der Waals surface area contributed by atoms with Gasteiger partial charge in [-0.05, 0) is 57.5 Å². The van der Waals surface area contributed by atoms with Crippen LogP contribution in [-0.4, -0.2) is 133 Å². The van der Waals surface area contributed by atoms with Crippen molar-refractivity contribution in [1.82, 2.24) is 25.3 Å². The summed E-state index contributed by atoms with van der Waals surface area (Å²) >= 11 is 0. The first kappa shape index (κ1) is 48.2. The molecule has 0 bridgehead atoms. The SMILES string of the molecule is CCCCCCCN(C)[C@H](C(=O)N[C@H](C(=O)N(C)[C@@H]([C@@H](C)CC)[C@@H](CC(=O)N1CCC[C@H]1[C@H](OC)[C@@H](C)C(=O)N[C@@H](C)C(=O)O)OC)C(C)C)C(C)C. The number of unbranched alkanes of at least 4 members (excludes halogenated alkanes) is 4. The Morgan fingerprint density at radius 3 is 1.98 bits per heavy atom. The summed E-state index contributed by atoms with van der Waals surface area (Å²) in [5, 5.41) is 14.9. The molecule has 308 valence electrons. The van der Waals surface area contributed by atoms with Crippen molar-refractivity contribution in [2.45, 2.75) is 163 Å². The van der Waals surface area contributed by atoms with Crippen LogP contribution in [0.4, 0.5) is 0 Å². The Bertz CT molecular complexity index is 1150. The van der Waals surface area contributed by atoms with Crippen molar-refractivity contribution in [3.63, 3.8) is 0 Å². The molecule has 1 heterocycles. The van der Waals surface area contributed by atoms with Gasteiger partial charge in [-0.15, -0.1) is 0 Å². The van der Waals surface area contributed by atoms with Crippen molar-refractivity contribution in [3.05, 3.63) is 0 Å². The molecule has 0 radical (unpaired) electrons. The quantitative estimate of drug-likeness (QED) is 0.114. The molecule has 0 saturated carbocycles. The van der Waals surface area contributed by atoms with Gasteiger partial charge in [-0.2, -0.15) is 0 Å². The summed E-state index contributed by atoms with van der Waals surface area (Å²) in [6, 6.07) is -3.07. The highest BCUT2D eigenvalue weighted by Crippen LogP contribution is 2.30. The number of methoxy groups -OCH3 is 2. The van der Waals surface area contributed by atoms with Crippen molar-refractivity contribution < 1.29 is 38.6 Å². The molecule has 3 N–H and O–H groups in total. The van der Waals surface area contributed by atoms with Gasteiger partial charge in [0.2, 0.25) is 23.6 Å². The summed E-state index contributed by atoms with van der Waals surface area (Å²) in [4.78, 5) is 72.1. The molecule has 13 nitrogen and oxygen atoms in total. The third-order valence-electron chi connectivity index (χ3n) is 11.2. The van der Waals surface area contributed by atoms with Crippen molar-refractivity contribution >= 4 is 29.6 Å². The molecular weight excluding hydrogens is 678 g/mol. The number of likely N-dealkylation sites (tertiary alicyclic amines) is 1. The second-order valence-electron chi connectivity index (χ2n) is 16.0. The van der Waals surface area contributed by atoms with Crippen molar-refractivity contribution in [2.24, 2.45) is 23.7 Å². The standard InChI is InChI=1S/C40H75N5O8/c1-14-16-17-18-19-22-43(10)34(26(5)6)38(48)42-33(25(3)4)39(49)44(11)35(27(7)15-2)31(52-12)24-32(46)45-23-20-21-30(45)36(53-13)28(8)37(47)41-29(9)40(50)51/h25-31,33-36H,14-24H2,1-13H3,(H,41,47)(H,42,48)(H,50,51)/t27-,28+,29-,30-,31+,33-,34-,35-,36+/m0/s1. The van der Waals surface area contributed by atoms with Crippen molar-refractivity contribution in [2.75, 3.05) is 41.4 Å². The summed E-state index contributed by atoms with van der Waals surface area (Å²) in [6.45, 7) is 18.5. The van der Waals surface area contributed by atoms with Gasteiger partial charge >= 0.3 is 5.97 Å². The third kappa shape index (κ3) is 14.1. The fourth-order valence-corrected chi connectivity index (χ4v) is 7.80. The molecule has 0 spiro atoms. The number of nitrogens with one attached hydrogen (secondary N) is 2. The van der Waals surface area contributed by atoms with E-state index >= 15 is 0 Å². The van der Waals surface area contributed by atoms with E-state index in [0.717, 1.165) is 32.2 Å². The molecule has 1 fully saturated rings. The molecule has 0 aliphatic carbocycles. The first-order valence-electron chi connectivity index (χ1n) is 20.0. The Hall–Kier alpha value is -2.77. The minimum absolute atomic E-state index is 0.00383. The number of hydrogen-bond donors (Lipinski definition) is 3. The van der Waals surface area contributed by atoms with Gasteiger partial charge in [0.1, 0.15) is 12.1 Å². The number of carboxylic acids is 1. The van der Waals surface area contributed by atoms with E-state index in [2.05, 4.69) is 22.5 Å². The van der Waals surface area contributed by atoms with Gasteiger partial charge in [-0.3, -0.25) is 28.9 Å². The Kier molecular flexibility index (Phi) is 21.8. The zero-order chi connectivity index (χ0) is 40.6. The van der Waals surface area contributed by atoms with Crippen LogP contribution in [0.5, 0.6) is 0 Å². The number of nitrogens with zero attached hydrogens (tertiary/aromatic N) is 3. The van der Waals surface area contributed by atoms with Crippen molar-refractivity contribution in [1.29, 1.82) is 0 Å². The average molecular weight is 754 g/mol. The normalized spacial score (nSPS) is 19.3. The van der Waals surface area contributed by atoms with E-state index in [1.807, 2.05) is 48.6 Å². The van der Waals surface area contributed by atoms with Crippen LogP contribution in [0.15, 0.2) is 0 Å². The molecule has 1 aliphatic heterocycles. The number of hydrogen-bond acceptors (Lipinski definition) is 8. The molecule has 1 rings (SSSR count). The summed E-state index contributed by atoms with van der Waals surface area (Å²) < 4.78 is 11.8. The van der Waals surface area contributed by atoms with Crippen LogP contribution in [0.2, 0.25) is 0 Å². The van der Waals surface area contributed by atoms with E-state index in [-0.39, 0.29) is 47.9 Å². The second kappa shape index (κ2) is 23.9. The molecule has 1 aliphatic rings. The van der Waals surface area contributed by atoms with Crippen molar-refractivity contribution in [3.8, 4) is 0 Å². The fraction of sp³-hybridized carbons (Fsp3) is 0.875. The zero-order valence-electron chi connectivity index (χ0n) is 35.3. The number of rotatable bonds is 25. The molecule has 53 heavy (non-hydrogen) atoms. The van der Waals surface area contributed by atoms with Crippen LogP contribution in [0, 0.1) is 23.7 Å². The van der Waals surface area contributed by atoms with Crippen LogP contribution >= 0.6 is 0 Å². The molecule has 4 amide bonds. The van der Waals surface area contributed by atoms with Gasteiger partial charge in [0.15, 0.2) is 0 Å². The van der Waals surface area contributed by atoms with E-state index in [0.29, 0.717) is 13.0 Å². The number of ether oxygens (including phenoxy) is 2. The van der Waals surface area contributed by atoms with Gasteiger partial charge in [0, 0.05) is 27.8 Å². The number of amides is 4.